The van der Waals surface area contributed by atoms with Crippen molar-refractivity contribution in [2.75, 3.05) is 44.6 Å². The normalized spacial score (nSPS) is 13.2. The molecule has 36 heavy (non-hydrogen) atoms. The molecule has 2 aromatic rings. The van der Waals surface area contributed by atoms with Gasteiger partial charge in [0.2, 0.25) is 0 Å². The van der Waals surface area contributed by atoms with Crippen LogP contribution < -0.4 is 24.8 Å². The van der Waals surface area contributed by atoms with Crippen molar-refractivity contribution in [1.29, 1.82) is 5.26 Å². The number of hydrogen-bond donors (Lipinski definition) is 2. The number of aliphatic carboxylic acids is 1. The summed E-state index contributed by atoms with van der Waals surface area (Å²) in [6.45, 7) is 8.20. The van der Waals surface area contributed by atoms with Crippen LogP contribution in [0, 0.1) is 11.3 Å². The molecule has 2 heterocycles. The number of carbonyl (C=O) groups is 2. The lowest BCUT2D eigenvalue weighted by Crippen LogP contribution is -2.49. The number of nitriles is 1. The van der Waals surface area contributed by atoms with Crippen LogP contribution in [0.25, 0.3) is 11.5 Å². The van der Waals surface area contributed by atoms with Crippen molar-refractivity contribution < 1.29 is 19.4 Å². The number of nitrogens with one attached hydrogen (secondary N) is 1. The number of carbonyl (C=O) groups excluding carboxylic acids is 1. The van der Waals surface area contributed by atoms with E-state index < -0.39 is 11.5 Å². The van der Waals surface area contributed by atoms with E-state index in [4.69, 9.17) is 15.1 Å². The average molecular weight is 510 g/mol. The van der Waals surface area contributed by atoms with Gasteiger partial charge in [0.1, 0.15) is 21.0 Å². The molecule has 1 fully saturated rings. The highest BCUT2D eigenvalue weighted by atomic mass is 32.1. The Balaban J connectivity index is 1.72. The summed E-state index contributed by atoms with van der Waals surface area (Å²) in [6, 6.07) is 8.61. The van der Waals surface area contributed by atoms with Crippen molar-refractivity contribution in [3.05, 3.63) is 55.6 Å². The maximum absolute atomic E-state index is 12.6. The quantitative estimate of drug-likeness (QED) is 0.387. The molecule has 188 valence electrons. The Kier molecular flexibility index (Phi) is 9.28. The van der Waals surface area contributed by atoms with Gasteiger partial charge in [0, 0.05) is 50.7 Å². The first-order valence-corrected chi connectivity index (χ1v) is 12.3. The standard InChI is InChI=1S/C25H27N5O5S/c1-3-28-10-12-29(13-11-28)22(31)17-35-20-7-5-6-19(15-20)27-9-8-21-24(32)30(4-2)23(36-21)14-18(16-26)25(33)34/h5-7,9,15,27H,3-4,10-13,17H2,1-2H3,(H,33,34). The van der Waals surface area contributed by atoms with E-state index in [9.17, 15) is 14.4 Å². The highest BCUT2D eigenvalue weighted by Gasteiger charge is 2.20. The van der Waals surface area contributed by atoms with Gasteiger partial charge >= 0.3 is 5.97 Å². The molecule has 1 amide bonds. The third kappa shape index (κ3) is 6.75. The number of carboxylic acids is 1. The average Bonchev–Trinajstić information content (AvgIpc) is 3.19. The largest absolute Gasteiger partial charge is 0.484 e. The van der Waals surface area contributed by atoms with E-state index in [2.05, 4.69) is 28.6 Å². The third-order valence-electron chi connectivity index (χ3n) is 5.57. The van der Waals surface area contributed by atoms with Gasteiger partial charge in [0.15, 0.2) is 12.2 Å². The Morgan fingerprint density at radius 1 is 1.22 bits per heavy atom. The first-order valence-electron chi connectivity index (χ1n) is 11.4. The van der Waals surface area contributed by atoms with E-state index in [1.54, 1.807) is 37.3 Å². The monoisotopic (exact) mass is 509 g/mol. The summed E-state index contributed by atoms with van der Waals surface area (Å²) in [6.07, 6.45) is 1.46. The summed E-state index contributed by atoms with van der Waals surface area (Å²) in [7, 11) is 0. The van der Waals surface area contributed by atoms with Crippen LogP contribution in [0.2, 0.25) is 0 Å². The Morgan fingerprint density at radius 2 is 1.97 bits per heavy atom. The van der Waals surface area contributed by atoms with Crippen molar-refractivity contribution in [1.82, 2.24) is 14.4 Å². The van der Waals surface area contributed by atoms with Crippen LogP contribution in [0.15, 0.2) is 40.8 Å². The third-order valence-corrected chi connectivity index (χ3v) is 6.58. The number of benzene rings is 1. The number of thiazole rings is 1. The second-order valence-corrected chi connectivity index (χ2v) is 8.77. The van der Waals surface area contributed by atoms with Gasteiger partial charge in [-0.2, -0.15) is 5.26 Å². The number of aromatic nitrogens is 1. The van der Waals surface area contributed by atoms with E-state index >= 15 is 0 Å². The van der Waals surface area contributed by atoms with Crippen molar-refractivity contribution >= 4 is 40.4 Å². The molecule has 0 bridgehead atoms. The molecular weight excluding hydrogens is 482 g/mol. The van der Waals surface area contributed by atoms with E-state index in [1.807, 2.05) is 4.90 Å². The molecule has 1 aromatic carbocycles. The number of rotatable bonds is 8. The molecule has 11 heteroatoms. The predicted molar refractivity (Wildman–Crippen MR) is 136 cm³/mol. The van der Waals surface area contributed by atoms with Crippen molar-refractivity contribution in [2.24, 2.45) is 0 Å². The van der Waals surface area contributed by atoms with Gasteiger partial charge in [0.05, 0.1) is 0 Å². The molecule has 3 rings (SSSR count). The Labute approximate surface area is 211 Å². The number of hydrogen-bond acceptors (Lipinski definition) is 8. The Bertz CT molecular complexity index is 1420. The molecular formula is C25H27N5O5S. The van der Waals surface area contributed by atoms with Crippen LogP contribution in [-0.4, -0.2) is 70.7 Å². The van der Waals surface area contributed by atoms with Crippen LogP contribution in [0.1, 0.15) is 13.8 Å². The predicted octanol–water partition coefficient (Wildman–Crippen LogP) is 0.392. The lowest BCUT2D eigenvalue weighted by atomic mass is 10.3. The van der Waals surface area contributed by atoms with Gasteiger partial charge in [-0.3, -0.25) is 14.2 Å². The zero-order chi connectivity index (χ0) is 26.1. The lowest BCUT2D eigenvalue weighted by Gasteiger charge is -2.33. The smallest absolute Gasteiger partial charge is 0.354 e. The van der Waals surface area contributed by atoms with E-state index in [0.717, 1.165) is 31.0 Å². The van der Waals surface area contributed by atoms with E-state index in [-0.39, 0.29) is 33.8 Å². The number of likely N-dealkylation sites (N-methyl/N-ethyl adjacent to an activating group) is 1. The summed E-state index contributed by atoms with van der Waals surface area (Å²) in [5.74, 6) is -0.934. The second kappa shape index (κ2) is 12.6. The zero-order valence-corrected chi connectivity index (χ0v) is 20.9. The fourth-order valence-electron chi connectivity index (χ4n) is 3.53. The Hall–Kier alpha value is -4.06. The zero-order valence-electron chi connectivity index (χ0n) is 20.1. The highest BCUT2D eigenvalue weighted by molar-refractivity contribution is 7.07. The van der Waals surface area contributed by atoms with Crippen molar-refractivity contribution in [3.8, 4) is 11.8 Å². The molecule has 1 aliphatic rings. The fraction of sp³-hybridized carbons (Fsp3) is 0.360. The first kappa shape index (κ1) is 26.5. The molecule has 0 unspecified atom stereocenters. The van der Waals surface area contributed by atoms with Gasteiger partial charge in [-0.15, -0.1) is 0 Å². The van der Waals surface area contributed by atoms with Crippen LogP contribution >= 0.6 is 11.3 Å². The molecule has 1 aliphatic heterocycles. The maximum Gasteiger partial charge on any atom is 0.354 e. The first-order chi connectivity index (χ1) is 17.4. The minimum absolute atomic E-state index is 0.0445. The van der Waals surface area contributed by atoms with Gasteiger partial charge in [-0.25, -0.2) is 4.79 Å². The summed E-state index contributed by atoms with van der Waals surface area (Å²) in [5.41, 5.74) is 5.08. The number of carboxylic acid groups (broad SMARTS) is 1. The van der Waals surface area contributed by atoms with Gasteiger partial charge in [-0.05, 0) is 25.6 Å². The molecule has 0 saturated carbocycles. The molecule has 1 aromatic heterocycles. The van der Waals surface area contributed by atoms with Gasteiger partial charge < -0.3 is 25.0 Å². The second-order valence-electron chi connectivity index (χ2n) is 7.77. The number of nitrogens with zero attached hydrogens (tertiary/aromatic N) is 4. The summed E-state index contributed by atoms with van der Waals surface area (Å²) >= 11 is 0.988. The molecule has 0 atom stereocenters. The van der Waals surface area contributed by atoms with Crippen LogP contribution in [-0.2, 0) is 16.1 Å². The molecule has 10 nitrogen and oxygen atoms in total. The Morgan fingerprint density at radius 3 is 2.61 bits per heavy atom. The van der Waals surface area contributed by atoms with Crippen molar-refractivity contribution in [2.45, 2.75) is 20.4 Å². The summed E-state index contributed by atoms with van der Waals surface area (Å²) in [4.78, 5) is 40.3. The number of piperazine rings is 1. The minimum atomic E-state index is -1.41. The summed E-state index contributed by atoms with van der Waals surface area (Å²) < 4.78 is 7.47. The maximum atomic E-state index is 12.6. The summed E-state index contributed by atoms with van der Waals surface area (Å²) in [5, 5.41) is 21.0. The topological polar surface area (TPSA) is 128 Å². The van der Waals surface area contributed by atoms with Gasteiger partial charge in [-0.1, -0.05) is 35.8 Å². The SMILES string of the molecule is CCN1CCN(C(=O)COc2cccc(NC=C=c3sc(=C=C(C#N)C(=O)O)n(CC)c3=O)c2)CC1. The van der Waals surface area contributed by atoms with Crippen LogP contribution in [0.5, 0.6) is 5.75 Å². The van der Waals surface area contributed by atoms with Crippen molar-refractivity contribution in [3.63, 3.8) is 0 Å². The molecule has 0 radical (unpaired) electrons. The van der Waals surface area contributed by atoms with Gasteiger partial charge in [0.25, 0.3) is 11.5 Å². The fourth-order valence-corrected chi connectivity index (χ4v) is 4.51. The minimum Gasteiger partial charge on any atom is -0.484 e. The molecule has 1 saturated heterocycles. The van der Waals surface area contributed by atoms with Crippen LogP contribution in [0.3, 0.4) is 0 Å². The number of amides is 1. The van der Waals surface area contributed by atoms with E-state index in [1.165, 1.54) is 10.8 Å². The number of ether oxygens (including phenoxy) is 1. The molecule has 2 N–H and O–H groups in total. The number of anilines is 1. The lowest BCUT2D eigenvalue weighted by molar-refractivity contribution is -0.135. The highest BCUT2D eigenvalue weighted by Crippen LogP contribution is 2.17. The van der Waals surface area contributed by atoms with Crippen LogP contribution in [0.4, 0.5) is 5.69 Å². The molecule has 0 spiro atoms. The van der Waals surface area contributed by atoms with E-state index in [0.29, 0.717) is 24.5 Å². The molecule has 0 aliphatic carbocycles.